The molecule has 0 radical (unpaired) electrons. The molecule has 11 heavy (non-hydrogen) atoms. The van der Waals surface area contributed by atoms with E-state index in [0.29, 0.717) is 0 Å². The Bertz CT molecular complexity index is 229. The minimum atomic E-state index is -1.16. The Morgan fingerprint density at radius 1 is 1.55 bits per heavy atom. The smallest absolute Gasteiger partial charge is 0.280 e. The molecule has 0 aromatic heterocycles. The number of aliphatic imine (C=N–C) groups is 1. The fourth-order valence-electron chi connectivity index (χ4n) is 0.406. The van der Waals surface area contributed by atoms with E-state index in [-0.39, 0.29) is 10.7 Å². The molecule has 0 saturated heterocycles. The fraction of sp³-hybridized carbons (Fsp3) is 0.167. The summed E-state index contributed by atoms with van der Waals surface area (Å²) in [7, 11) is 0. The van der Waals surface area contributed by atoms with Gasteiger partial charge in [0.25, 0.3) is 6.09 Å². The van der Waals surface area contributed by atoms with Gasteiger partial charge in [-0.15, -0.1) is 0 Å². The summed E-state index contributed by atoms with van der Waals surface area (Å²) in [5.41, 5.74) is 4.53. The Morgan fingerprint density at radius 3 is 2.27 bits per heavy atom. The third-order valence-electron chi connectivity index (χ3n) is 0.830. The monoisotopic (exact) mass is 180 g/mol. The van der Waals surface area contributed by atoms with E-state index >= 15 is 0 Å². The molecule has 0 aliphatic rings. The molecule has 2 N–H and O–H groups in total. The second-order valence-corrected chi connectivity index (χ2v) is 2.12. The summed E-state index contributed by atoms with van der Waals surface area (Å²) in [4.78, 5) is 3.07. The Labute approximate surface area is 68.1 Å². The minimum Gasteiger partial charge on any atom is -0.360 e. The van der Waals surface area contributed by atoms with E-state index < -0.39 is 11.9 Å². The average molecular weight is 181 g/mol. The summed E-state index contributed by atoms with van der Waals surface area (Å²) < 4.78 is 24.0. The van der Waals surface area contributed by atoms with Crippen molar-refractivity contribution in [3.63, 3.8) is 0 Å². The van der Waals surface area contributed by atoms with E-state index in [1.54, 1.807) is 0 Å². The van der Waals surface area contributed by atoms with Crippen LogP contribution >= 0.6 is 11.6 Å². The van der Waals surface area contributed by atoms with Gasteiger partial charge in [-0.05, 0) is 6.92 Å². The Morgan fingerprint density at radius 2 is 2.00 bits per heavy atom. The van der Waals surface area contributed by atoms with Crippen molar-refractivity contribution in [1.82, 2.24) is 0 Å². The van der Waals surface area contributed by atoms with Crippen LogP contribution in [0, 0.1) is 0 Å². The lowest BCUT2D eigenvalue weighted by molar-refractivity contribution is 0.664. The molecule has 0 rings (SSSR count). The maximum absolute atomic E-state index is 12.2. The molecule has 0 aromatic rings. The molecule has 0 atom stereocenters. The van der Waals surface area contributed by atoms with Crippen molar-refractivity contribution in [3.8, 4) is 0 Å². The third-order valence-corrected chi connectivity index (χ3v) is 1.31. The standard InChI is InChI=1S/C6H7ClF2N2/c1-3(8)5(7)4(2)11-6(9)10/h1H2,2H3,(H2,10,11)/b5-4+. The van der Waals surface area contributed by atoms with Crippen molar-refractivity contribution in [2.45, 2.75) is 6.92 Å². The average Bonchev–Trinajstić information content (AvgIpc) is 1.84. The number of nitrogens with zero attached hydrogens (tertiary/aromatic N) is 1. The highest BCUT2D eigenvalue weighted by Gasteiger charge is 2.02. The molecule has 0 aliphatic heterocycles. The minimum absolute atomic E-state index is 0.0424. The van der Waals surface area contributed by atoms with Crippen molar-refractivity contribution >= 4 is 17.7 Å². The highest BCUT2D eigenvalue weighted by Crippen LogP contribution is 2.19. The molecule has 0 aromatic carbocycles. The molecule has 0 heterocycles. The quantitative estimate of drug-likeness (QED) is 0.301. The normalized spacial score (nSPS) is 14.4. The predicted molar refractivity (Wildman–Crippen MR) is 41.5 cm³/mol. The Balaban J connectivity index is 4.68. The summed E-state index contributed by atoms with van der Waals surface area (Å²) in [6, 6.07) is 0. The Kier molecular flexibility index (Phi) is 3.74. The van der Waals surface area contributed by atoms with Gasteiger partial charge in [0.05, 0.1) is 10.7 Å². The summed E-state index contributed by atoms with van der Waals surface area (Å²) >= 11 is 5.29. The summed E-state index contributed by atoms with van der Waals surface area (Å²) in [6.07, 6.45) is -1.16. The molecular formula is C6H7ClF2N2. The maximum Gasteiger partial charge on any atom is 0.280 e. The molecular weight excluding hydrogens is 174 g/mol. The number of rotatable bonds is 2. The summed E-state index contributed by atoms with van der Waals surface area (Å²) in [5.74, 6) is -0.867. The number of nitrogens with two attached hydrogens (primary N) is 1. The zero-order chi connectivity index (χ0) is 9.02. The van der Waals surface area contributed by atoms with Crippen LogP contribution in [-0.2, 0) is 0 Å². The molecule has 0 bridgehead atoms. The summed E-state index contributed by atoms with van der Waals surface area (Å²) in [6.45, 7) is 4.21. The van der Waals surface area contributed by atoms with Crippen LogP contribution in [0.1, 0.15) is 6.92 Å². The molecule has 5 heteroatoms. The fourth-order valence-corrected chi connectivity index (χ4v) is 0.448. The van der Waals surface area contributed by atoms with Gasteiger partial charge in [-0.25, -0.2) is 9.38 Å². The highest BCUT2D eigenvalue weighted by atomic mass is 35.5. The van der Waals surface area contributed by atoms with Crippen molar-refractivity contribution in [1.29, 1.82) is 0 Å². The van der Waals surface area contributed by atoms with Gasteiger partial charge in [-0.2, -0.15) is 4.39 Å². The van der Waals surface area contributed by atoms with Crippen LogP contribution in [0.5, 0.6) is 0 Å². The number of amidine groups is 1. The second-order valence-electron chi connectivity index (χ2n) is 1.74. The highest BCUT2D eigenvalue weighted by molar-refractivity contribution is 6.32. The third kappa shape index (κ3) is 3.72. The summed E-state index contributed by atoms with van der Waals surface area (Å²) in [5, 5.41) is -0.328. The lowest BCUT2D eigenvalue weighted by Crippen LogP contribution is -2.03. The van der Waals surface area contributed by atoms with Gasteiger partial charge in [-0.1, -0.05) is 18.2 Å². The van der Waals surface area contributed by atoms with E-state index in [4.69, 9.17) is 11.6 Å². The van der Waals surface area contributed by atoms with E-state index in [9.17, 15) is 8.78 Å². The molecule has 0 aliphatic carbocycles. The molecule has 0 fully saturated rings. The first-order valence-corrected chi connectivity index (χ1v) is 3.03. The van der Waals surface area contributed by atoms with E-state index in [0.717, 1.165) is 0 Å². The Hall–Kier alpha value is -0.900. The molecule has 0 spiro atoms. The van der Waals surface area contributed by atoms with Gasteiger partial charge in [0, 0.05) is 0 Å². The maximum atomic E-state index is 12.2. The first-order chi connectivity index (χ1) is 4.95. The van der Waals surface area contributed by atoms with Crippen LogP contribution in [0.15, 0.2) is 28.1 Å². The topological polar surface area (TPSA) is 38.4 Å². The number of hydrogen-bond acceptors (Lipinski definition) is 1. The van der Waals surface area contributed by atoms with Crippen molar-refractivity contribution in [2.24, 2.45) is 10.7 Å². The predicted octanol–water partition coefficient (Wildman–Crippen LogP) is 2.22. The second kappa shape index (κ2) is 4.08. The molecule has 0 unspecified atom stereocenters. The van der Waals surface area contributed by atoms with Gasteiger partial charge >= 0.3 is 0 Å². The van der Waals surface area contributed by atoms with E-state index in [2.05, 4.69) is 17.3 Å². The SMILES string of the molecule is C=C(F)/C(Cl)=C(/C)N=C(N)F. The van der Waals surface area contributed by atoms with Crippen molar-refractivity contribution in [2.75, 3.05) is 0 Å². The van der Waals surface area contributed by atoms with Gasteiger partial charge < -0.3 is 5.73 Å². The van der Waals surface area contributed by atoms with Gasteiger partial charge in [-0.3, -0.25) is 0 Å². The van der Waals surface area contributed by atoms with Crippen LogP contribution in [0.2, 0.25) is 0 Å². The van der Waals surface area contributed by atoms with Crippen LogP contribution < -0.4 is 5.73 Å². The van der Waals surface area contributed by atoms with E-state index in [1.807, 2.05) is 0 Å². The van der Waals surface area contributed by atoms with Crippen molar-refractivity contribution in [3.05, 3.63) is 23.1 Å². The zero-order valence-electron chi connectivity index (χ0n) is 5.87. The van der Waals surface area contributed by atoms with Crippen LogP contribution in [0.4, 0.5) is 8.78 Å². The molecule has 2 nitrogen and oxygen atoms in total. The first-order valence-electron chi connectivity index (χ1n) is 2.66. The molecule has 0 amide bonds. The number of allylic oxidation sites excluding steroid dienone is 3. The van der Waals surface area contributed by atoms with Gasteiger partial charge in [0.1, 0.15) is 5.83 Å². The van der Waals surface area contributed by atoms with Crippen LogP contribution in [-0.4, -0.2) is 6.09 Å². The van der Waals surface area contributed by atoms with Gasteiger partial charge in [0.2, 0.25) is 0 Å². The molecule has 0 saturated carbocycles. The lowest BCUT2D eigenvalue weighted by Gasteiger charge is -1.95. The molecule has 62 valence electrons. The van der Waals surface area contributed by atoms with Crippen molar-refractivity contribution < 1.29 is 8.78 Å². The zero-order valence-corrected chi connectivity index (χ0v) is 6.62. The van der Waals surface area contributed by atoms with Crippen LogP contribution in [0.3, 0.4) is 0 Å². The first kappa shape index (κ1) is 10.1. The van der Waals surface area contributed by atoms with E-state index in [1.165, 1.54) is 6.92 Å². The van der Waals surface area contributed by atoms with Crippen LogP contribution in [0.25, 0.3) is 0 Å². The lowest BCUT2D eigenvalue weighted by atomic mass is 10.4. The number of hydrogen-bond donors (Lipinski definition) is 1. The largest absolute Gasteiger partial charge is 0.360 e. The van der Waals surface area contributed by atoms with Gasteiger partial charge in [0.15, 0.2) is 0 Å². The number of halogens is 3.